The molecule has 29 heavy (non-hydrogen) atoms. The molecule has 0 saturated carbocycles. The van der Waals surface area contributed by atoms with E-state index in [9.17, 15) is 9.59 Å². The van der Waals surface area contributed by atoms with E-state index in [0.29, 0.717) is 13.1 Å². The van der Waals surface area contributed by atoms with Crippen LogP contribution in [0.5, 0.6) is 0 Å². The van der Waals surface area contributed by atoms with Crippen LogP contribution >= 0.6 is 0 Å². The predicted octanol–water partition coefficient (Wildman–Crippen LogP) is 2.62. The molecule has 1 N–H and O–H groups in total. The largest absolute Gasteiger partial charge is 0.359 e. The molecule has 2 aromatic rings. The summed E-state index contributed by atoms with van der Waals surface area (Å²) in [7, 11) is 1.70. The van der Waals surface area contributed by atoms with Crippen LogP contribution in [-0.4, -0.2) is 54.8 Å². The summed E-state index contributed by atoms with van der Waals surface area (Å²) in [5.74, 6) is 0.0677. The Hall–Kier alpha value is -2.66. The molecule has 2 amide bonds. The highest BCUT2D eigenvalue weighted by Gasteiger charge is 2.57. The Labute approximate surface area is 172 Å². The maximum Gasteiger partial charge on any atom is 0.253 e. The van der Waals surface area contributed by atoms with Crippen LogP contribution in [0.3, 0.4) is 0 Å². The van der Waals surface area contributed by atoms with Crippen molar-refractivity contribution in [3.63, 3.8) is 0 Å². The van der Waals surface area contributed by atoms with Gasteiger partial charge in [-0.25, -0.2) is 0 Å². The number of benzene rings is 2. The molecule has 2 heterocycles. The molecule has 1 atom stereocenters. The Kier molecular flexibility index (Phi) is 5.17. The summed E-state index contributed by atoms with van der Waals surface area (Å²) >= 11 is 0. The van der Waals surface area contributed by atoms with Crippen LogP contribution < -0.4 is 5.32 Å². The average Bonchev–Trinajstić information content (AvgIpc) is 3.05. The minimum Gasteiger partial charge on any atom is -0.359 e. The van der Waals surface area contributed by atoms with Crippen LogP contribution in [0.2, 0.25) is 0 Å². The number of hydrogen-bond acceptors (Lipinski definition) is 3. The number of hydrogen-bond donors (Lipinski definition) is 1. The third-order valence-electron chi connectivity index (χ3n) is 6.30. The van der Waals surface area contributed by atoms with E-state index in [-0.39, 0.29) is 23.1 Å². The van der Waals surface area contributed by atoms with Gasteiger partial charge in [0.1, 0.15) is 0 Å². The standard InChI is InChI=1S/C24H29N3O2/c1-17-9-18(2)11-20(10-17)23(29)27-15-24(16-27)14-26(13-21(24)22(28)25-3)12-19-7-5-4-6-8-19/h4-11,21H,12-16H2,1-3H3,(H,25,28). The minimum absolute atomic E-state index is 0.0691. The summed E-state index contributed by atoms with van der Waals surface area (Å²) in [6.07, 6.45) is 0. The van der Waals surface area contributed by atoms with E-state index in [2.05, 4.69) is 28.4 Å². The Morgan fingerprint density at radius 2 is 1.69 bits per heavy atom. The van der Waals surface area contributed by atoms with Gasteiger partial charge in [0, 0.05) is 50.7 Å². The number of likely N-dealkylation sites (tertiary alicyclic amines) is 2. The van der Waals surface area contributed by atoms with Crippen molar-refractivity contribution in [3.8, 4) is 0 Å². The maximum absolute atomic E-state index is 13.0. The van der Waals surface area contributed by atoms with Gasteiger partial charge in [-0.2, -0.15) is 0 Å². The summed E-state index contributed by atoms with van der Waals surface area (Å²) in [5.41, 5.74) is 4.04. The van der Waals surface area contributed by atoms with Crippen molar-refractivity contribution < 1.29 is 9.59 Å². The van der Waals surface area contributed by atoms with Gasteiger partial charge in [0.25, 0.3) is 5.91 Å². The van der Waals surface area contributed by atoms with Crippen LogP contribution in [0, 0.1) is 25.2 Å². The molecule has 5 nitrogen and oxygen atoms in total. The molecular weight excluding hydrogens is 362 g/mol. The molecule has 0 aliphatic carbocycles. The number of amides is 2. The lowest BCUT2D eigenvalue weighted by molar-refractivity contribution is -0.130. The number of carbonyl (C=O) groups excluding carboxylic acids is 2. The van der Waals surface area contributed by atoms with Crippen molar-refractivity contribution in [2.24, 2.45) is 11.3 Å². The van der Waals surface area contributed by atoms with E-state index in [1.54, 1.807) is 7.05 Å². The molecule has 1 spiro atoms. The summed E-state index contributed by atoms with van der Waals surface area (Å²) < 4.78 is 0. The smallest absolute Gasteiger partial charge is 0.253 e. The molecule has 2 aromatic carbocycles. The van der Waals surface area contributed by atoms with E-state index in [4.69, 9.17) is 0 Å². The third kappa shape index (κ3) is 3.79. The molecule has 1 unspecified atom stereocenters. The van der Waals surface area contributed by atoms with E-state index in [1.807, 2.05) is 49.1 Å². The summed E-state index contributed by atoms with van der Waals surface area (Å²) in [4.78, 5) is 29.9. The lowest BCUT2D eigenvalue weighted by Crippen LogP contribution is -2.63. The Morgan fingerprint density at radius 1 is 1.03 bits per heavy atom. The van der Waals surface area contributed by atoms with Crippen LogP contribution in [-0.2, 0) is 11.3 Å². The highest BCUT2D eigenvalue weighted by Crippen LogP contribution is 2.45. The molecular formula is C24H29N3O2. The average molecular weight is 392 g/mol. The zero-order valence-corrected chi connectivity index (χ0v) is 17.4. The minimum atomic E-state index is -0.149. The molecule has 0 aromatic heterocycles. The maximum atomic E-state index is 13.0. The van der Waals surface area contributed by atoms with Gasteiger partial charge in [-0.05, 0) is 31.5 Å². The first kappa shape index (κ1) is 19.6. The molecule has 0 radical (unpaired) electrons. The monoisotopic (exact) mass is 391 g/mol. The highest BCUT2D eigenvalue weighted by atomic mass is 16.2. The van der Waals surface area contributed by atoms with Crippen molar-refractivity contribution in [2.75, 3.05) is 33.2 Å². The number of aryl methyl sites for hydroxylation is 2. The van der Waals surface area contributed by atoms with Crippen molar-refractivity contribution in [1.82, 2.24) is 15.1 Å². The van der Waals surface area contributed by atoms with Gasteiger partial charge in [-0.1, -0.05) is 47.5 Å². The van der Waals surface area contributed by atoms with Crippen molar-refractivity contribution in [3.05, 3.63) is 70.8 Å². The predicted molar refractivity (Wildman–Crippen MR) is 114 cm³/mol. The molecule has 2 aliphatic rings. The van der Waals surface area contributed by atoms with Crippen LogP contribution in [0.15, 0.2) is 48.5 Å². The first-order chi connectivity index (χ1) is 13.9. The van der Waals surface area contributed by atoms with Gasteiger partial charge in [-0.3, -0.25) is 14.5 Å². The van der Waals surface area contributed by atoms with Crippen LogP contribution in [0.25, 0.3) is 0 Å². The number of nitrogens with zero attached hydrogens (tertiary/aromatic N) is 2. The SMILES string of the molecule is CNC(=O)C1CN(Cc2ccccc2)CC12CN(C(=O)c1cc(C)cc(C)c1)C2. The topological polar surface area (TPSA) is 52.7 Å². The van der Waals surface area contributed by atoms with Gasteiger partial charge in [0.05, 0.1) is 5.92 Å². The zero-order chi connectivity index (χ0) is 20.6. The first-order valence-corrected chi connectivity index (χ1v) is 10.3. The van der Waals surface area contributed by atoms with Gasteiger partial charge in [0.2, 0.25) is 5.91 Å². The first-order valence-electron chi connectivity index (χ1n) is 10.3. The fourth-order valence-electron chi connectivity index (χ4n) is 5.03. The quantitative estimate of drug-likeness (QED) is 0.872. The van der Waals surface area contributed by atoms with Gasteiger partial charge < -0.3 is 10.2 Å². The molecule has 0 bridgehead atoms. The normalized spacial score (nSPS) is 20.5. The highest BCUT2D eigenvalue weighted by molar-refractivity contribution is 5.95. The van der Waals surface area contributed by atoms with E-state index >= 15 is 0 Å². The molecule has 2 aliphatic heterocycles. The van der Waals surface area contributed by atoms with Crippen molar-refractivity contribution in [2.45, 2.75) is 20.4 Å². The Balaban J connectivity index is 1.49. The number of rotatable bonds is 4. The van der Waals surface area contributed by atoms with Crippen molar-refractivity contribution in [1.29, 1.82) is 0 Å². The van der Waals surface area contributed by atoms with Gasteiger partial charge in [0.15, 0.2) is 0 Å². The third-order valence-corrected chi connectivity index (χ3v) is 6.30. The fourth-order valence-corrected chi connectivity index (χ4v) is 5.03. The molecule has 152 valence electrons. The van der Waals surface area contributed by atoms with Gasteiger partial charge in [-0.15, -0.1) is 0 Å². The summed E-state index contributed by atoms with van der Waals surface area (Å²) in [6.45, 7) is 7.73. The second-order valence-electron chi connectivity index (χ2n) is 8.72. The molecule has 5 heteroatoms. The van der Waals surface area contributed by atoms with Gasteiger partial charge >= 0.3 is 0 Å². The number of nitrogens with one attached hydrogen (secondary N) is 1. The summed E-state index contributed by atoms with van der Waals surface area (Å²) in [5, 5.41) is 2.84. The second-order valence-corrected chi connectivity index (χ2v) is 8.72. The number of carbonyl (C=O) groups is 2. The lowest BCUT2D eigenvalue weighted by atomic mass is 9.71. The zero-order valence-electron chi connectivity index (χ0n) is 17.4. The van der Waals surface area contributed by atoms with Crippen LogP contribution in [0.1, 0.15) is 27.0 Å². The van der Waals surface area contributed by atoms with Crippen LogP contribution in [0.4, 0.5) is 0 Å². The molecule has 4 rings (SSSR count). The molecule has 2 fully saturated rings. The Morgan fingerprint density at radius 3 is 2.31 bits per heavy atom. The Bertz CT molecular complexity index is 899. The van der Waals surface area contributed by atoms with Crippen molar-refractivity contribution >= 4 is 11.8 Å². The lowest BCUT2D eigenvalue weighted by Gasteiger charge is -2.50. The molecule has 2 saturated heterocycles. The van der Waals surface area contributed by atoms with E-state index in [0.717, 1.165) is 36.3 Å². The fraction of sp³-hybridized carbons (Fsp3) is 0.417. The van der Waals surface area contributed by atoms with E-state index in [1.165, 1.54) is 5.56 Å². The second kappa shape index (κ2) is 7.64. The van der Waals surface area contributed by atoms with E-state index < -0.39 is 0 Å². The summed E-state index contributed by atoms with van der Waals surface area (Å²) in [6, 6.07) is 16.3.